The monoisotopic (exact) mass is 155 g/mol. The molecule has 0 saturated carbocycles. The molecule has 0 aliphatic heterocycles. The molecule has 52 valence electrons. The van der Waals surface area contributed by atoms with Crippen LogP contribution in [0.1, 0.15) is 5.56 Å². The van der Waals surface area contributed by atoms with Crippen molar-refractivity contribution in [2.45, 2.75) is 0 Å². The zero-order valence-electron chi connectivity index (χ0n) is 5.13. The molecular formula is C6H6ClN3. The van der Waals surface area contributed by atoms with Gasteiger partial charge >= 0.3 is 0 Å². The van der Waals surface area contributed by atoms with Gasteiger partial charge in [0.05, 0.1) is 5.02 Å². The number of nitrogens with zero attached hydrogens (tertiary/aromatic N) is 1. The molecule has 0 aliphatic carbocycles. The van der Waals surface area contributed by atoms with Gasteiger partial charge in [0, 0.05) is 18.0 Å². The first-order valence-electron chi connectivity index (χ1n) is 2.65. The second-order valence-corrected chi connectivity index (χ2v) is 2.18. The van der Waals surface area contributed by atoms with Crippen molar-refractivity contribution in [3.05, 3.63) is 29.0 Å². The number of pyridine rings is 1. The molecule has 0 radical (unpaired) electrons. The van der Waals surface area contributed by atoms with Crippen molar-refractivity contribution in [2.75, 3.05) is 0 Å². The Balaban J connectivity index is 3.15. The predicted molar refractivity (Wildman–Crippen MR) is 40.3 cm³/mol. The highest BCUT2D eigenvalue weighted by molar-refractivity contribution is 6.33. The Labute approximate surface area is 63.3 Å². The summed E-state index contributed by atoms with van der Waals surface area (Å²) < 4.78 is 0. The van der Waals surface area contributed by atoms with E-state index >= 15 is 0 Å². The molecule has 0 saturated heterocycles. The summed E-state index contributed by atoms with van der Waals surface area (Å²) in [5.74, 6) is -0.0348. The molecule has 1 heterocycles. The predicted octanol–water partition coefficient (Wildman–Crippen LogP) is 1.02. The van der Waals surface area contributed by atoms with Gasteiger partial charge < -0.3 is 5.73 Å². The SMILES string of the molecule is N=C(N)c1ccncc1Cl. The van der Waals surface area contributed by atoms with Gasteiger partial charge in [-0.1, -0.05) is 11.6 Å². The van der Waals surface area contributed by atoms with Gasteiger partial charge in [0.1, 0.15) is 5.84 Å². The number of nitrogen functional groups attached to an aromatic ring is 1. The molecular weight excluding hydrogens is 150 g/mol. The number of nitrogens with one attached hydrogen (secondary N) is 1. The Kier molecular flexibility index (Phi) is 1.87. The van der Waals surface area contributed by atoms with Crippen LogP contribution in [0.5, 0.6) is 0 Å². The molecule has 3 nitrogen and oxygen atoms in total. The van der Waals surface area contributed by atoms with Crippen LogP contribution in [0, 0.1) is 5.41 Å². The topological polar surface area (TPSA) is 62.8 Å². The number of aromatic nitrogens is 1. The number of rotatable bonds is 1. The Morgan fingerprint density at radius 3 is 2.80 bits per heavy atom. The van der Waals surface area contributed by atoms with Crippen LogP contribution in [-0.2, 0) is 0 Å². The molecule has 0 spiro atoms. The minimum absolute atomic E-state index is 0.0348. The van der Waals surface area contributed by atoms with Crippen LogP contribution in [0.3, 0.4) is 0 Å². The van der Waals surface area contributed by atoms with E-state index in [1.165, 1.54) is 6.20 Å². The van der Waals surface area contributed by atoms with Gasteiger partial charge in [-0.15, -0.1) is 0 Å². The lowest BCUT2D eigenvalue weighted by atomic mass is 10.2. The molecule has 1 aromatic heterocycles. The minimum Gasteiger partial charge on any atom is -0.384 e. The molecule has 0 aliphatic rings. The molecule has 0 atom stereocenters. The summed E-state index contributed by atoms with van der Waals surface area (Å²) >= 11 is 5.64. The van der Waals surface area contributed by atoms with Crippen molar-refractivity contribution in [1.29, 1.82) is 5.41 Å². The summed E-state index contributed by atoms with van der Waals surface area (Å²) in [6.45, 7) is 0. The number of hydrogen-bond donors (Lipinski definition) is 2. The van der Waals surface area contributed by atoms with Gasteiger partial charge in [-0.05, 0) is 6.07 Å². The van der Waals surface area contributed by atoms with Gasteiger partial charge in [-0.2, -0.15) is 0 Å². The average Bonchev–Trinajstić information content (AvgIpc) is 1.88. The molecule has 0 fully saturated rings. The second kappa shape index (κ2) is 2.66. The molecule has 10 heavy (non-hydrogen) atoms. The van der Waals surface area contributed by atoms with E-state index in [0.29, 0.717) is 10.6 Å². The van der Waals surface area contributed by atoms with Crippen molar-refractivity contribution in [3.8, 4) is 0 Å². The largest absolute Gasteiger partial charge is 0.384 e. The summed E-state index contributed by atoms with van der Waals surface area (Å²) in [5.41, 5.74) is 5.71. The van der Waals surface area contributed by atoms with Gasteiger partial charge in [0.15, 0.2) is 0 Å². The summed E-state index contributed by atoms with van der Waals surface area (Å²) in [5, 5.41) is 7.45. The van der Waals surface area contributed by atoms with Gasteiger partial charge in [0.25, 0.3) is 0 Å². The molecule has 0 amide bonds. The quantitative estimate of drug-likeness (QED) is 0.470. The van der Waals surface area contributed by atoms with Crippen molar-refractivity contribution in [2.24, 2.45) is 5.73 Å². The highest BCUT2D eigenvalue weighted by Crippen LogP contribution is 2.11. The first-order chi connectivity index (χ1) is 4.72. The average molecular weight is 156 g/mol. The fraction of sp³-hybridized carbons (Fsp3) is 0. The maximum Gasteiger partial charge on any atom is 0.124 e. The van der Waals surface area contributed by atoms with E-state index < -0.39 is 0 Å². The lowest BCUT2D eigenvalue weighted by Crippen LogP contribution is -2.11. The zero-order chi connectivity index (χ0) is 7.56. The Hall–Kier alpha value is -1.09. The van der Waals surface area contributed by atoms with Crippen LogP contribution < -0.4 is 5.73 Å². The first-order valence-corrected chi connectivity index (χ1v) is 3.03. The Morgan fingerprint density at radius 1 is 1.70 bits per heavy atom. The van der Waals surface area contributed by atoms with E-state index in [4.69, 9.17) is 22.7 Å². The number of amidine groups is 1. The minimum atomic E-state index is -0.0348. The van der Waals surface area contributed by atoms with E-state index in [9.17, 15) is 0 Å². The van der Waals surface area contributed by atoms with Gasteiger partial charge in [0.2, 0.25) is 0 Å². The van der Waals surface area contributed by atoms with E-state index in [0.717, 1.165) is 0 Å². The third kappa shape index (κ3) is 1.25. The fourth-order valence-corrected chi connectivity index (χ4v) is 0.815. The fourth-order valence-electron chi connectivity index (χ4n) is 0.594. The maximum atomic E-state index is 7.04. The van der Waals surface area contributed by atoms with Crippen molar-refractivity contribution >= 4 is 17.4 Å². The normalized spacial score (nSPS) is 9.30. The summed E-state index contributed by atoms with van der Waals surface area (Å²) in [6.07, 6.45) is 3.00. The van der Waals surface area contributed by atoms with Crippen LogP contribution in [0.25, 0.3) is 0 Å². The lowest BCUT2D eigenvalue weighted by molar-refractivity contribution is 1.31. The molecule has 0 unspecified atom stereocenters. The molecule has 3 N–H and O–H groups in total. The van der Waals surface area contributed by atoms with Crippen LogP contribution in [-0.4, -0.2) is 10.8 Å². The summed E-state index contributed by atoms with van der Waals surface area (Å²) in [4.78, 5) is 3.74. The van der Waals surface area contributed by atoms with E-state index in [1.807, 2.05) is 0 Å². The second-order valence-electron chi connectivity index (χ2n) is 1.77. The van der Waals surface area contributed by atoms with Gasteiger partial charge in [-0.25, -0.2) is 0 Å². The van der Waals surface area contributed by atoms with Gasteiger partial charge in [-0.3, -0.25) is 10.4 Å². The highest BCUT2D eigenvalue weighted by Gasteiger charge is 1.99. The molecule has 0 aromatic carbocycles. The standard InChI is InChI=1S/C6H6ClN3/c7-5-3-10-2-1-4(5)6(8)9/h1-3H,(H3,8,9). The molecule has 1 aromatic rings. The number of hydrogen-bond acceptors (Lipinski definition) is 2. The first kappa shape index (κ1) is 7.02. The van der Waals surface area contributed by atoms with E-state index in [2.05, 4.69) is 4.98 Å². The number of nitrogens with two attached hydrogens (primary N) is 1. The lowest BCUT2D eigenvalue weighted by Gasteiger charge is -1.97. The van der Waals surface area contributed by atoms with E-state index in [-0.39, 0.29) is 5.84 Å². The van der Waals surface area contributed by atoms with Crippen molar-refractivity contribution in [3.63, 3.8) is 0 Å². The highest BCUT2D eigenvalue weighted by atomic mass is 35.5. The van der Waals surface area contributed by atoms with Crippen LogP contribution in [0.4, 0.5) is 0 Å². The molecule has 1 rings (SSSR count). The zero-order valence-corrected chi connectivity index (χ0v) is 5.89. The van der Waals surface area contributed by atoms with Crippen molar-refractivity contribution in [1.82, 2.24) is 4.98 Å². The summed E-state index contributed by atoms with van der Waals surface area (Å²) in [6, 6.07) is 1.60. The smallest absolute Gasteiger partial charge is 0.124 e. The Morgan fingerprint density at radius 2 is 2.40 bits per heavy atom. The summed E-state index contributed by atoms with van der Waals surface area (Å²) in [7, 11) is 0. The molecule has 4 heteroatoms. The van der Waals surface area contributed by atoms with Crippen molar-refractivity contribution < 1.29 is 0 Å². The van der Waals surface area contributed by atoms with Crippen LogP contribution in [0.15, 0.2) is 18.5 Å². The number of halogens is 1. The van der Waals surface area contributed by atoms with Crippen LogP contribution >= 0.6 is 11.6 Å². The Bertz CT molecular complexity index is 259. The third-order valence-corrected chi connectivity index (χ3v) is 1.36. The molecule has 0 bridgehead atoms. The van der Waals surface area contributed by atoms with E-state index in [1.54, 1.807) is 12.3 Å². The maximum absolute atomic E-state index is 7.04. The van der Waals surface area contributed by atoms with Crippen LogP contribution in [0.2, 0.25) is 5.02 Å². The third-order valence-electron chi connectivity index (χ3n) is 1.06.